The van der Waals surface area contributed by atoms with Crippen LogP contribution in [-0.2, 0) is 12.8 Å². The maximum atomic E-state index is 12.6. The molecule has 39 heavy (non-hydrogen) atoms. The number of imidazole rings is 1. The summed E-state index contributed by atoms with van der Waals surface area (Å²) in [5, 5.41) is 9.31. The number of nitrogens with zero attached hydrogens (tertiary/aromatic N) is 4. The van der Waals surface area contributed by atoms with Gasteiger partial charge < -0.3 is 15.2 Å². The van der Waals surface area contributed by atoms with Crippen molar-refractivity contribution in [1.29, 1.82) is 0 Å². The van der Waals surface area contributed by atoms with Gasteiger partial charge in [0.15, 0.2) is 5.65 Å². The van der Waals surface area contributed by atoms with E-state index in [0.717, 1.165) is 65.6 Å². The van der Waals surface area contributed by atoms with Gasteiger partial charge in [0.1, 0.15) is 5.69 Å². The molecule has 6 rings (SSSR count). The van der Waals surface area contributed by atoms with Crippen LogP contribution in [0.15, 0.2) is 67.1 Å². The van der Waals surface area contributed by atoms with Gasteiger partial charge in [0.2, 0.25) is 0 Å². The van der Waals surface area contributed by atoms with Crippen molar-refractivity contribution in [3.63, 3.8) is 0 Å². The summed E-state index contributed by atoms with van der Waals surface area (Å²) in [5.41, 5.74) is 7.09. The second-order valence-electron chi connectivity index (χ2n) is 10.1. The number of aromatic amines is 1. The van der Waals surface area contributed by atoms with Gasteiger partial charge in [-0.2, -0.15) is 5.10 Å². The van der Waals surface area contributed by atoms with E-state index in [2.05, 4.69) is 63.4 Å². The van der Waals surface area contributed by atoms with Crippen LogP contribution in [-0.4, -0.2) is 49.6 Å². The molecule has 2 aromatic carbocycles. The number of aromatic nitrogens is 4. The average Bonchev–Trinajstić information content (AvgIpc) is 3.64. The summed E-state index contributed by atoms with van der Waals surface area (Å²) in [7, 11) is 0. The van der Waals surface area contributed by atoms with Crippen molar-refractivity contribution in [3.05, 3.63) is 100 Å². The second-order valence-corrected chi connectivity index (χ2v) is 10.5. The van der Waals surface area contributed by atoms with Crippen molar-refractivity contribution in [1.82, 2.24) is 29.8 Å². The Morgan fingerprint density at radius 3 is 2.97 bits per heavy atom. The number of halogens is 1. The van der Waals surface area contributed by atoms with E-state index in [1.807, 2.05) is 35.4 Å². The van der Waals surface area contributed by atoms with Crippen molar-refractivity contribution >= 4 is 34.2 Å². The Balaban J connectivity index is 1.02. The Hall–Kier alpha value is -4.28. The normalized spacial score (nSPS) is 15.1. The molecule has 0 spiro atoms. The quantitative estimate of drug-likeness (QED) is 0.212. The summed E-state index contributed by atoms with van der Waals surface area (Å²) in [5.74, 6) is 6.53. The van der Waals surface area contributed by atoms with Crippen LogP contribution >= 0.6 is 11.6 Å². The minimum atomic E-state index is 0.0210. The lowest BCUT2D eigenvalue weighted by molar-refractivity contribution is 0.216. The number of unbranched alkanes of at least 4 members (excludes halogenated alkanes) is 1. The van der Waals surface area contributed by atoms with Crippen molar-refractivity contribution in [3.8, 4) is 11.8 Å². The molecule has 196 valence electrons. The molecule has 8 heteroatoms. The number of benzene rings is 2. The lowest BCUT2D eigenvalue weighted by Gasteiger charge is -2.14. The van der Waals surface area contributed by atoms with E-state index in [1.54, 1.807) is 16.9 Å². The summed E-state index contributed by atoms with van der Waals surface area (Å²) in [6, 6.07) is 16.3. The monoisotopic (exact) mass is 536 g/mol. The molecule has 1 fully saturated rings. The van der Waals surface area contributed by atoms with Gasteiger partial charge in [0.25, 0.3) is 0 Å². The molecule has 0 saturated carbocycles. The Kier molecular flexibility index (Phi) is 6.95. The Morgan fingerprint density at radius 2 is 2.05 bits per heavy atom. The Morgan fingerprint density at radius 1 is 1.13 bits per heavy atom. The fraction of sp³-hybridized carbons (Fsp3) is 0.258. The zero-order valence-corrected chi connectivity index (χ0v) is 22.5. The highest BCUT2D eigenvalue weighted by molar-refractivity contribution is 6.35. The fourth-order valence-corrected chi connectivity index (χ4v) is 5.44. The summed E-state index contributed by atoms with van der Waals surface area (Å²) in [6.45, 7) is 3.55. The molecule has 7 nitrogen and oxygen atoms in total. The standard InChI is InChI=1S/C31H29ClN6O/c1-21-10-11-22(16-23(21)12-13-26-19-33-29-9-5-14-35-38(26)29)6-2-3-15-37-20-25(36-31(37)39)17-24-18-34-30-27(24)7-4-8-28(30)32/h4-5,7-11,14,16,18-19,25,34H,2-3,6,15,17,20H2,1H3,(H,36,39). The first-order valence-corrected chi connectivity index (χ1v) is 13.6. The molecular weight excluding hydrogens is 508 g/mol. The molecule has 0 aliphatic carbocycles. The smallest absolute Gasteiger partial charge is 0.317 e. The van der Waals surface area contributed by atoms with Crippen molar-refractivity contribution in [2.75, 3.05) is 13.1 Å². The molecule has 2 amide bonds. The SMILES string of the molecule is Cc1ccc(CCCCN2CC(Cc3c[nH]c4c(Cl)cccc34)NC2=O)cc1C#Cc1cnc2cccnn12. The number of carbonyl (C=O) groups is 1. The van der Waals surface area contributed by atoms with Gasteiger partial charge >= 0.3 is 6.03 Å². The number of aryl methyl sites for hydroxylation is 2. The number of urea groups is 1. The highest BCUT2D eigenvalue weighted by Gasteiger charge is 2.28. The summed E-state index contributed by atoms with van der Waals surface area (Å²) in [4.78, 5) is 22.1. The molecular formula is C31H29ClN6O. The molecule has 0 radical (unpaired) electrons. The minimum absolute atomic E-state index is 0.0210. The number of fused-ring (bicyclic) bond motifs is 2. The van der Waals surface area contributed by atoms with Gasteiger partial charge in [0, 0.05) is 36.4 Å². The fourth-order valence-electron chi connectivity index (χ4n) is 5.22. The highest BCUT2D eigenvalue weighted by atomic mass is 35.5. The first-order valence-electron chi connectivity index (χ1n) is 13.3. The lowest BCUT2D eigenvalue weighted by atomic mass is 10.0. The highest BCUT2D eigenvalue weighted by Crippen LogP contribution is 2.26. The number of rotatable bonds is 7. The molecule has 5 aromatic rings. The number of hydrogen-bond donors (Lipinski definition) is 2. The predicted molar refractivity (Wildman–Crippen MR) is 154 cm³/mol. The molecule has 1 aliphatic heterocycles. The third kappa shape index (κ3) is 5.34. The van der Waals surface area contributed by atoms with E-state index >= 15 is 0 Å². The zero-order chi connectivity index (χ0) is 26.8. The number of hydrogen-bond acceptors (Lipinski definition) is 3. The van der Waals surface area contributed by atoms with E-state index in [4.69, 9.17) is 11.6 Å². The van der Waals surface area contributed by atoms with Crippen LogP contribution in [0, 0.1) is 18.8 Å². The predicted octanol–water partition coefficient (Wildman–Crippen LogP) is 5.53. The van der Waals surface area contributed by atoms with Crippen LogP contribution in [0.4, 0.5) is 4.79 Å². The largest absolute Gasteiger partial charge is 0.360 e. The minimum Gasteiger partial charge on any atom is -0.360 e. The van der Waals surface area contributed by atoms with Gasteiger partial charge in [-0.3, -0.25) is 0 Å². The number of nitrogens with one attached hydrogen (secondary N) is 2. The summed E-state index contributed by atoms with van der Waals surface area (Å²) >= 11 is 6.30. The first kappa shape index (κ1) is 25.0. The van der Waals surface area contributed by atoms with Gasteiger partial charge in [0.05, 0.1) is 22.8 Å². The van der Waals surface area contributed by atoms with Crippen LogP contribution < -0.4 is 5.32 Å². The van der Waals surface area contributed by atoms with Gasteiger partial charge in [-0.1, -0.05) is 41.8 Å². The van der Waals surface area contributed by atoms with E-state index < -0.39 is 0 Å². The number of carbonyl (C=O) groups excluding carboxylic acids is 1. The van der Waals surface area contributed by atoms with Crippen molar-refractivity contribution < 1.29 is 4.79 Å². The molecule has 1 atom stereocenters. The maximum absolute atomic E-state index is 12.6. The van der Waals surface area contributed by atoms with E-state index in [1.165, 1.54) is 11.1 Å². The van der Waals surface area contributed by atoms with E-state index in [-0.39, 0.29) is 12.1 Å². The topological polar surface area (TPSA) is 78.3 Å². The average molecular weight is 537 g/mol. The zero-order valence-electron chi connectivity index (χ0n) is 21.7. The van der Waals surface area contributed by atoms with Crippen LogP contribution in [0.25, 0.3) is 16.6 Å². The molecule has 0 bridgehead atoms. The number of para-hydroxylation sites is 1. The molecule has 3 aromatic heterocycles. The number of amides is 2. The third-order valence-electron chi connectivity index (χ3n) is 7.32. The molecule has 2 N–H and O–H groups in total. The molecule has 4 heterocycles. The van der Waals surface area contributed by atoms with E-state index in [0.29, 0.717) is 11.6 Å². The first-order chi connectivity index (χ1) is 19.0. The van der Waals surface area contributed by atoms with Crippen LogP contribution in [0.5, 0.6) is 0 Å². The van der Waals surface area contributed by atoms with Crippen molar-refractivity contribution in [2.45, 2.75) is 38.6 Å². The molecule has 1 aliphatic rings. The second kappa shape index (κ2) is 10.8. The Bertz CT molecular complexity index is 1730. The molecule has 1 saturated heterocycles. The summed E-state index contributed by atoms with van der Waals surface area (Å²) < 4.78 is 1.75. The van der Waals surface area contributed by atoms with Gasteiger partial charge in [-0.25, -0.2) is 14.3 Å². The van der Waals surface area contributed by atoms with Crippen LogP contribution in [0.3, 0.4) is 0 Å². The van der Waals surface area contributed by atoms with Gasteiger partial charge in [-0.15, -0.1) is 0 Å². The van der Waals surface area contributed by atoms with E-state index in [9.17, 15) is 4.79 Å². The third-order valence-corrected chi connectivity index (χ3v) is 7.64. The van der Waals surface area contributed by atoms with Crippen LogP contribution in [0.1, 0.15) is 40.8 Å². The van der Waals surface area contributed by atoms with Crippen molar-refractivity contribution in [2.24, 2.45) is 0 Å². The summed E-state index contributed by atoms with van der Waals surface area (Å²) in [6.07, 6.45) is 9.16. The number of H-pyrrole nitrogens is 1. The Labute approximate surface area is 232 Å². The molecule has 1 unspecified atom stereocenters. The maximum Gasteiger partial charge on any atom is 0.317 e. The lowest BCUT2D eigenvalue weighted by Crippen LogP contribution is -2.29. The van der Waals surface area contributed by atoms with Gasteiger partial charge in [-0.05, 0) is 79.5 Å². The van der Waals surface area contributed by atoms with Crippen LogP contribution in [0.2, 0.25) is 5.02 Å².